The van der Waals surface area contributed by atoms with Crippen LogP contribution in [-0.4, -0.2) is 14.3 Å². The third-order valence-electron chi connectivity index (χ3n) is 4.19. The Morgan fingerprint density at radius 3 is 2.45 bits per heavy atom. The van der Waals surface area contributed by atoms with Gasteiger partial charge in [-0.2, -0.15) is 0 Å². The second-order valence-corrected chi connectivity index (χ2v) is 8.44. The van der Waals surface area contributed by atoms with E-state index in [2.05, 4.69) is 10.0 Å². The molecule has 0 heterocycles. The Morgan fingerprint density at radius 2 is 1.72 bits per heavy atom. The maximum atomic E-state index is 13.8. The highest BCUT2D eigenvalue weighted by molar-refractivity contribution is 7.92. The van der Waals surface area contributed by atoms with E-state index < -0.39 is 15.8 Å². The van der Waals surface area contributed by atoms with Gasteiger partial charge in [-0.15, -0.1) is 0 Å². The Labute approximate surface area is 173 Å². The molecule has 3 aromatic carbocycles. The zero-order valence-electron chi connectivity index (χ0n) is 15.4. The average Bonchev–Trinajstić information content (AvgIpc) is 2.67. The lowest BCUT2D eigenvalue weighted by molar-refractivity contribution is -0.115. The summed E-state index contributed by atoms with van der Waals surface area (Å²) in [6.45, 7) is 1.62. The SMILES string of the molecule is Cc1ccc(NC(=O)Cc2ccccc2Cl)cc1S(=O)(=O)Nc1ccccc1F. The lowest BCUT2D eigenvalue weighted by atomic mass is 10.1. The van der Waals surface area contributed by atoms with Gasteiger partial charge in [-0.25, -0.2) is 12.8 Å². The van der Waals surface area contributed by atoms with Crippen LogP contribution < -0.4 is 10.0 Å². The van der Waals surface area contributed by atoms with Crippen LogP contribution in [0, 0.1) is 12.7 Å². The van der Waals surface area contributed by atoms with Crippen LogP contribution in [0.3, 0.4) is 0 Å². The molecule has 0 atom stereocenters. The first-order valence-electron chi connectivity index (χ1n) is 8.67. The highest BCUT2D eigenvalue weighted by Crippen LogP contribution is 2.24. The third-order valence-corrected chi connectivity index (χ3v) is 6.06. The van der Waals surface area contributed by atoms with Crippen molar-refractivity contribution in [2.45, 2.75) is 18.2 Å². The van der Waals surface area contributed by atoms with Gasteiger partial charge in [0.2, 0.25) is 5.91 Å². The fraction of sp³-hybridized carbons (Fsp3) is 0.0952. The van der Waals surface area contributed by atoms with Gasteiger partial charge in [-0.1, -0.05) is 48.0 Å². The first-order chi connectivity index (χ1) is 13.8. The van der Waals surface area contributed by atoms with Gasteiger partial charge >= 0.3 is 0 Å². The third kappa shape index (κ3) is 5.13. The number of para-hydroxylation sites is 1. The van der Waals surface area contributed by atoms with Crippen LogP contribution in [0.2, 0.25) is 5.02 Å². The minimum absolute atomic E-state index is 0.0448. The number of aryl methyl sites for hydroxylation is 1. The Bertz CT molecular complexity index is 1170. The maximum absolute atomic E-state index is 13.8. The van der Waals surface area contributed by atoms with E-state index in [0.717, 1.165) is 6.07 Å². The van der Waals surface area contributed by atoms with Gasteiger partial charge < -0.3 is 5.32 Å². The minimum atomic E-state index is -4.05. The molecule has 1 amide bonds. The summed E-state index contributed by atoms with van der Waals surface area (Å²) in [5, 5.41) is 3.14. The van der Waals surface area contributed by atoms with Gasteiger partial charge in [0.25, 0.3) is 10.0 Å². The number of benzene rings is 3. The summed E-state index contributed by atoms with van der Waals surface area (Å²) in [6.07, 6.45) is 0.0448. The smallest absolute Gasteiger partial charge is 0.262 e. The molecule has 0 unspecified atom stereocenters. The quantitative estimate of drug-likeness (QED) is 0.589. The number of hydrogen-bond acceptors (Lipinski definition) is 3. The molecule has 0 saturated heterocycles. The molecule has 0 aliphatic carbocycles. The zero-order chi connectivity index (χ0) is 21.0. The van der Waals surface area contributed by atoms with Gasteiger partial charge in [-0.05, 0) is 48.4 Å². The summed E-state index contributed by atoms with van der Waals surface area (Å²) >= 11 is 6.07. The van der Waals surface area contributed by atoms with Crippen molar-refractivity contribution in [2.75, 3.05) is 10.0 Å². The predicted octanol–water partition coefficient (Wildman–Crippen LogP) is 4.77. The van der Waals surface area contributed by atoms with Crippen LogP contribution >= 0.6 is 11.6 Å². The molecule has 0 saturated carbocycles. The Balaban J connectivity index is 1.81. The number of rotatable bonds is 6. The topological polar surface area (TPSA) is 75.3 Å². The van der Waals surface area contributed by atoms with Crippen molar-refractivity contribution >= 4 is 38.9 Å². The van der Waals surface area contributed by atoms with E-state index in [0.29, 0.717) is 21.8 Å². The number of sulfonamides is 1. The van der Waals surface area contributed by atoms with Gasteiger partial charge in [0.1, 0.15) is 5.82 Å². The average molecular weight is 433 g/mol. The van der Waals surface area contributed by atoms with E-state index in [9.17, 15) is 17.6 Å². The van der Waals surface area contributed by atoms with Gasteiger partial charge in [-0.3, -0.25) is 9.52 Å². The van der Waals surface area contributed by atoms with Crippen molar-refractivity contribution < 1.29 is 17.6 Å². The molecule has 0 aliphatic heterocycles. The number of anilines is 2. The molecule has 8 heteroatoms. The van der Waals surface area contributed by atoms with Crippen LogP contribution in [-0.2, 0) is 21.2 Å². The normalized spacial score (nSPS) is 11.1. The minimum Gasteiger partial charge on any atom is -0.326 e. The molecule has 3 aromatic rings. The molecule has 0 aromatic heterocycles. The lowest BCUT2D eigenvalue weighted by Crippen LogP contribution is -2.17. The fourth-order valence-electron chi connectivity index (χ4n) is 2.73. The molecule has 0 aliphatic rings. The number of amides is 1. The van der Waals surface area contributed by atoms with E-state index >= 15 is 0 Å². The predicted molar refractivity (Wildman–Crippen MR) is 112 cm³/mol. The number of halogens is 2. The largest absolute Gasteiger partial charge is 0.326 e. The number of nitrogens with one attached hydrogen (secondary N) is 2. The Morgan fingerprint density at radius 1 is 1.03 bits per heavy atom. The number of hydrogen-bond donors (Lipinski definition) is 2. The Hall–Kier alpha value is -2.90. The maximum Gasteiger partial charge on any atom is 0.262 e. The first-order valence-corrected chi connectivity index (χ1v) is 10.5. The standard InChI is InChI=1S/C21H18ClFN2O3S/c1-14-10-11-16(24-21(26)12-15-6-2-3-7-17(15)22)13-20(14)29(27,28)25-19-9-5-4-8-18(19)23/h2-11,13,25H,12H2,1H3,(H,24,26). The fourth-order valence-corrected chi connectivity index (χ4v) is 4.27. The molecular formula is C21H18ClFN2O3S. The van der Waals surface area contributed by atoms with Crippen molar-refractivity contribution in [2.24, 2.45) is 0 Å². The monoisotopic (exact) mass is 432 g/mol. The lowest BCUT2D eigenvalue weighted by Gasteiger charge is -2.13. The van der Waals surface area contributed by atoms with Gasteiger partial charge in [0, 0.05) is 10.7 Å². The second kappa shape index (κ2) is 8.63. The molecule has 150 valence electrons. The van der Waals surface area contributed by atoms with Crippen molar-refractivity contribution in [1.82, 2.24) is 0 Å². The first kappa shape index (κ1) is 20.8. The summed E-state index contributed by atoms with van der Waals surface area (Å²) in [4.78, 5) is 12.3. The van der Waals surface area contributed by atoms with Crippen LogP contribution in [0.15, 0.2) is 71.6 Å². The van der Waals surface area contributed by atoms with Gasteiger partial charge in [0.05, 0.1) is 17.0 Å². The van der Waals surface area contributed by atoms with Crippen molar-refractivity contribution in [3.63, 3.8) is 0 Å². The molecular weight excluding hydrogens is 415 g/mol. The highest BCUT2D eigenvalue weighted by Gasteiger charge is 2.19. The molecule has 0 fully saturated rings. The van der Waals surface area contributed by atoms with Crippen molar-refractivity contribution in [3.8, 4) is 0 Å². The summed E-state index contributed by atoms with van der Waals surface area (Å²) in [7, 11) is -4.05. The zero-order valence-corrected chi connectivity index (χ0v) is 17.0. The number of carbonyl (C=O) groups is 1. The molecule has 2 N–H and O–H groups in total. The molecule has 0 bridgehead atoms. The summed E-state index contributed by atoms with van der Waals surface area (Å²) in [6, 6.07) is 17.0. The van der Waals surface area contributed by atoms with Crippen LogP contribution in [0.1, 0.15) is 11.1 Å². The summed E-state index contributed by atoms with van der Waals surface area (Å²) < 4.78 is 41.6. The summed E-state index contributed by atoms with van der Waals surface area (Å²) in [5.74, 6) is -1.02. The van der Waals surface area contributed by atoms with E-state index in [1.807, 2.05) is 0 Å². The molecule has 0 spiro atoms. The van der Waals surface area contributed by atoms with Crippen molar-refractivity contribution in [1.29, 1.82) is 0 Å². The Kier molecular flexibility index (Phi) is 6.20. The van der Waals surface area contributed by atoms with Gasteiger partial charge in [0.15, 0.2) is 0 Å². The molecule has 29 heavy (non-hydrogen) atoms. The van der Waals surface area contributed by atoms with Crippen LogP contribution in [0.5, 0.6) is 0 Å². The van der Waals surface area contributed by atoms with Crippen LogP contribution in [0.25, 0.3) is 0 Å². The highest BCUT2D eigenvalue weighted by atomic mass is 35.5. The molecule has 3 rings (SSSR count). The second-order valence-electron chi connectivity index (χ2n) is 6.38. The van der Waals surface area contributed by atoms with E-state index in [4.69, 9.17) is 11.6 Å². The molecule has 0 radical (unpaired) electrons. The van der Waals surface area contributed by atoms with E-state index in [1.165, 1.54) is 24.3 Å². The molecule has 5 nitrogen and oxygen atoms in total. The van der Waals surface area contributed by atoms with E-state index in [-0.39, 0.29) is 22.9 Å². The van der Waals surface area contributed by atoms with Crippen LogP contribution in [0.4, 0.5) is 15.8 Å². The summed E-state index contributed by atoms with van der Waals surface area (Å²) in [5.41, 5.74) is 1.27. The van der Waals surface area contributed by atoms with Crippen molar-refractivity contribution in [3.05, 3.63) is 88.7 Å². The number of carbonyl (C=O) groups excluding carboxylic acids is 1. The van der Waals surface area contributed by atoms with E-state index in [1.54, 1.807) is 43.3 Å².